The number of aromatic nitrogens is 4. The molecular formula is C10H11N5O. The Kier molecular flexibility index (Phi) is 2.63. The van der Waals surface area contributed by atoms with E-state index in [4.69, 9.17) is 5.73 Å². The maximum atomic E-state index is 11.2. The van der Waals surface area contributed by atoms with E-state index in [1.54, 1.807) is 19.1 Å². The van der Waals surface area contributed by atoms with Crippen molar-refractivity contribution in [3.8, 4) is 0 Å². The number of nitrogens with zero attached hydrogens (tertiary/aromatic N) is 4. The lowest BCUT2D eigenvalue weighted by Gasteiger charge is -2.04. The standard InChI is InChI=1S/C10H11N5O/c1-7-12-14-15(13-7)6-8-4-2-3-5-9(8)10(11)16/h2-5H,6H2,1H3,(H2,11,16). The van der Waals surface area contributed by atoms with Crippen LogP contribution in [0.15, 0.2) is 24.3 Å². The van der Waals surface area contributed by atoms with E-state index in [0.717, 1.165) is 5.56 Å². The second-order valence-electron chi connectivity index (χ2n) is 3.39. The number of rotatable bonds is 3. The van der Waals surface area contributed by atoms with E-state index >= 15 is 0 Å². The first-order chi connectivity index (χ1) is 7.66. The molecule has 0 aliphatic carbocycles. The molecule has 0 unspecified atom stereocenters. The lowest BCUT2D eigenvalue weighted by molar-refractivity contribution is 0.0999. The summed E-state index contributed by atoms with van der Waals surface area (Å²) in [5.74, 6) is 0.143. The van der Waals surface area contributed by atoms with Crippen molar-refractivity contribution in [2.75, 3.05) is 0 Å². The number of carbonyl (C=O) groups is 1. The van der Waals surface area contributed by atoms with Crippen LogP contribution in [0.4, 0.5) is 0 Å². The van der Waals surface area contributed by atoms with E-state index in [2.05, 4.69) is 15.4 Å². The van der Waals surface area contributed by atoms with Crippen molar-refractivity contribution in [2.24, 2.45) is 5.73 Å². The average Bonchev–Trinajstić information content (AvgIpc) is 2.64. The summed E-state index contributed by atoms with van der Waals surface area (Å²) in [4.78, 5) is 12.6. The number of tetrazole rings is 1. The molecule has 1 heterocycles. The van der Waals surface area contributed by atoms with Crippen molar-refractivity contribution in [1.82, 2.24) is 20.2 Å². The minimum atomic E-state index is -0.451. The summed E-state index contributed by atoms with van der Waals surface area (Å²) in [6.07, 6.45) is 0. The Balaban J connectivity index is 2.31. The van der Waals surface area contributed by atoms with Crippen molar-refractivity contribution < 1.29 is 4.79 Å². The van der Waals surface area contributed by atoms with Gasteiger partial charge in [-0.3, -0.25) is 4.79 Å². The molecule has 1 amide bonds. The number of benzene rings is 1. The van der Waals surface area contributed by atoms with Gasteiger partial charge < -0.3 is 5.73 Å². The number of hydrogen-bond acceptors (Lipinski definition) is 4. The molecule has 2 N–H and O–H groups in total. The van der Waals surface area contributed by atoms with Crippen molar-refractivity contribution in [2.45, 2.75) is 13.5 Å². The van der Waals surface area contributed by atoms with E-state index < -0.39 is 5.91 Å². The molecule has 6 heteroatoms. The maximum Gasteiger partial charge on any atom is 0.249 e. The number of primary amides is 1. The molecule has 2 aromatic rings. The van der Waals surface area contributed by atoms with Gasteiger partial charge in [-0.15, -0.1) is 10.2 Å². The molecule has 0 radical (unpaired) electrons. The van der Waals surface area contributed by atoms with Gasteiger partial charge in [0.1, 0.15) is 0 Å². The van der Waals surface area contributed by atoms with Gasteiger partial charge >= 0.3 is 0 Å². The number of aryl methyl sites for hydroxylation is 1. The second-order valence-corrected chi connectivity index (χ2v) is 3.39. The minimum absolute atomic E-state index is 0.389. The van der Waals surface area contributed by atoms with Crippen LogP contribution in [0.3, 0.4) is 0 Å². The number of hydrogen-bond donors (Lipinski definition) is 1. The molecule has 0 saturated heterocycles. The minimum Gasteiger partial charge on any atom is -0.366 e. The molecule has 1 aromatic heterocycles. The summed E-state index contributed by atoms with van der Waals surface area (Å²) < 4.78 is 0. The van der Waals surface area contributed by atoms with Gasteiger partial charge in [-0.05, 0) is 23.8 Å². The van der Waals surface area contributed by atoms with E-state index in [0.29, 0.717) is 17.9 Å². The zero-order chi connectivity index (χ0) is 11.5. The van der Waals surface area contributed by atoms with Gasteiger partial charge in [0.25, 0.3) is 0 Å². The number of nitrogens with two attached hydrogens (primary N) is 1. The predicted molar refractivity (Wildman–Crippen MR) is 56.6 cm³/mol. The van der Waals surface area contributed by atoms with Gasteiger partial charge in [0.2, 0.25) is 5.91 Å². The Hall–Kier alpha value is -2.24. The molecule has 82 valence electrons. The maximum absolute atomic E-state index is 11.2. The average molecular weight is 217 g/mol. The highest BCUT2D eigenvalue weighted by Crippen LogP contribution is 2.08. The van der Waals surface area contributed by atoms with Crippen molar-refractivity contribution in [3.05, 3.63) is 41.2 Å². The van der Waals surface area contributed by atoms with Crippen LogP contribution in [0, 0.1) is 6.92 Å². The quantitative estimate of drug-likeness (QED) is 0.791. The molecule has 2 rings (SSSR count). The van der Waals surface area contributed by atoms with Crippen LogP contribution in [0.5, 0.6) is 0 Å². The Morgan fingerprint density at radius 3 is 2.81 bits per heavy atom. The third-order valence-electron chi connectivity index (χ3n) is 2.15. The SMILES string of the molecule is Cc1nnn(Cc2ccccc2C(N)=O)n1. The fourth-order valence-corrected chi connectivity index (χ4v) is 1.44. The highest BCUT2D eigenvalue weighted by Gasteiger charge is 2.08. The first kappa shape index (κ1) is 10.3. The highest BCUT2D eigenvalue weighted by atomic mass is 16.1. The Morgan fingerprint density at radius 2 is 2.19 bits per heavy atom. The van der Waals surface area contributed by atoms with Gasteiger partial charge in [-0.2, -0.15) is 4.80 Å². The lowest BCUT2D eigenvalue weighted by Crippen LogP contribution is -2.16. The molecular weight excluding hydrogens is 206 g/mol. The van der Waals surface area contributed by atoms with Crippen molar-refractivity contribution in [1.29, 1.82) is 0 Å². The number of carbonyl (C=O) groups excluding carboxylic acids is 1. The van der Waals surface area contributed by atoms with Gasteiger partial charge in [0, 0.05) is 5.56 Å². The topological polar surface area (TPSA) is 86.7 Å². The van der Waals surface area contributed by atoms with Gasteiger partial charge in [0.15, 0.2) is 5.82 Å². The van der Waals surface area contributed by atoms with Crippen LogP contribution < -0.4 is 5.73 Å². The Morgan fingerprint density at radius 1 is 1.44 bits per heavy atom. The van der Waals surface area contributed by atoms with E-state index in [1.165, 1.54) is 4.80 Å². The normalized spacial score (nSPS) is 10.3. The van der Waals surface area contributed by atoms with Gasteiger partial charge in [-0.25, -0.2) is 0 Å². The van der Waals surface area contributed by atoms with E-state index in [-0.39, 0.29) is 0 Å². The van der Waals surface area contributed by atoms with E-state index in [9.17, 15) is 4.79 Å². The first-order valence-electron chi connectivity index (χ1n) is 4.79. The molecule has 0 bridgehead atoms. The molecule has 0 fully saturated rings. The summed E-state index contributed by atoms with van der Waals surface area (Å²) in [5, 5.41) is 11.6. The zero-order valence-corrected chi connectivity index (χ0v) is 8.79. The van der Waals surface area contributed by atoms with Crippen molar-refractivity contribution >= 4 is 5.91 Å². The van der Waals surface area contributed by atoms with Crippen molar-refractivity contribution in [3.63, 3.8) is 0 Å². The largest absolute Gasteiger partial charge is 0.366 e. The smallest absolute Gasteiger partial charge is 0.249 e. The summed E-state index contributed by atoms with van der Waals surface area (Å²) in [6.45, 7) is 2.14. The van der Waals surface area contributed by atoms with Crippen LogP contribution in [0.1, 0.15) is 21.7 Å². The van der Waals surface area contributed by atoms with Gasteiger partial charge in [0.05, 0.1) is 6.54 Å². The molecule has 1 aromatic carbocycles. The monoisotopic (exact) mass is 217 g/mol. The Bertz CT molecular complexity index is 519. The third kappa shape index (κ3) is 2.05. The Labute approximate surface area is 92.1 Å². The fraction of sp³-hybridized carbons (Fsp3) is 0.200. The summed E-state index contributed by atoms with van der Waals surface area (Å²) in [5.41, 5.74) is 6.54. The van der Waals surface area contributed by atoms with Crippen LogP contribution >= 0.6 is 0 Å². The molecule has 0 spiro atoms. The first-order valence-corrected chi connectivity index (χ1v) is 4.79. The zero-order valence-electron chi connectivity index (χ0n) is 8.79. The predicted octanol–water partition coefficient (Wildman–Crippen LogP) is 0.129. The van der Waals surface area contributed by atoms with Crippen LogP contribution in [0.25, 0.3) is 0 Å². The van der Waals surface area contributed by atoms with Crippen LogP contribution in [-0.2, 0) is 6.54 Å². The summed E-state index contributed by atoms with van der Waals surface area (Å²) in [6, 6.07) is 7.11. The number of amides is 1. The van der Waals surface area contributed by atoms with Gasteiger partial charge in [-0.1, -0.05) is 18.2 Å². The van der Waals surface area contributed by atoms with E-state index in [1.807, 2.05) is 12.1 Å². The molecule has 0 aliphatic heterocycles. The summed E-state index contributed by atoms with van der Waals surface area (Å²) >= 11 is 0. The molecule has 0 saturated carbocycles. The summed E-state index contributed by atoms with van der Waals surface area (Å²) in [7, 11) is 0. The van der Waals surface area contributed by atoms with Crippen LogP contribution in [0.2, 0.25) is 0 Å². The highest BCUT2D eigenvalue weighted by molar-refractivity contribution is 5.94. The van der Waals surface area contributed by atoms with Crippen LogP contribution in [-0.4, -0.2) is 26.1 Å². The second kappa shape index (κ2) is 4.09. The molecule has 0 aliphatic rings. The fourth-order valence-electron chi connectivity index (χ4n) is 1.44. The lowest BCUT2D eigenvalue weighted by atomic mass is 10.1. The molecule has 16 heavy (non-hydrogen) atoms. The molecule has 0 atom stereocenters. The molecule has 6 nitrogen and oxygen atoms in total. The third-order valence-corrected chi connectivity index (χ3v) is 2.15.